The molecule has 1 atom stereocenters. The molecule has 0 aromatic rings. The summed E-state index contributed by atoms with van der Waals surface area (Å²) in [5.74, 6) is -0.403. The van der Waals surface area contributed by atoms with E-state index in [9.17, 15) is 9.59 Å². The van der Waals surface area contributed by atoms with Crippen molar-refractivity contribution in [3.63, 3.8) is 0 Å². The van der Waals surface area contributed by atoms with Crippen LogP contribution in [0.3, 0.4) is 0 Å². The fraction of sp³-hybridized carbons (Fsp3) is 0.887. The van der Waals surface area contributed by atoms with E-state index in [2.05, 4.69) is 45.1 Å². The summed E-state index contributed by atoms with van der Waals surface area (Å²) in [4.78, 5) is 25.3. The number of carbonyl (C=O) groups excluding carboxylic acids is 2. The Balaban J connectivity index is 4.21. The molecule has 0 rings (SSSR count). The summed E-state index contributed by atoms with van der Waals surface area (Å²) in [5.41, 5.74) is 0. The molecule has 0 aromatic carbocycles. The molecule has 0 aromatic heterocycles. The lowest BCUT2D eigenvalue weighted by Crippen LogP contribution is -2.30. The summed E-state index contributed by atoms with van der Waals surface area (Å²) in [6, 6.07) is 0. The minimum absolute atomic E-state index is 0.0837. The van der Waals surface area contributed by atoms with Gasteiger partial charge in [-0.05, 0) is 64.2 Å². The molecule has 5 heteroatoms. The first-order valence-corrected chi connectivity index (χ1v) is 25.9. The predicted octanol–water partition coefficient (Wildman–Crippen LogP) is 17.2. The maximum Gasteiger partial charge on any atom is 0.306 e. The monoisotopic (exact) mass is 817 g/mol. The average Bonchev–Trinajstić information content (AvgIpc) is 3.22. The number of esters is 2. The second-order valence-corrected chi connectivity index (χ2v) is 17.4. The summed E-state index contributed by atoms with van der Waals surface area (Å²) in [7, 11) is 0. The van der Waals surface area contributed by atoms with Crippen molar-refractivity contribution in [3.05, 3.63) is 24.3 Å². The first kappa shape index (κ1) is 56.4. The highest BCUT2D eigenvalue weighted by Crippen LogP contribution is 2.15. The summed E-state index contributed by atoms with van der Waals surface area (Å²) < 4.78 is 17.4. The quantitative estimate of drug-likeness (QED) is 0.0348. The Morgan fingerprint density at radius 2 is 0.690 bits per heavy atom. The first-order chi connectivity index (χ1) is 28.6. The Morgan fingerprint density at radius 1 is 0.362 bits per heavy atom. The van der Waals surface area contributed by atoms with Crippen molar-refractivity contribution < 1.29 is 23.8 Å². The standard InChI is InChI=1S/C53H100O5/c1-4-7-10-13-16-19-22-24-26-28-30-33-36-39-42-45-48-56-49-51(58-53(55)47-44-41-38-35-31-21-18-15-12-9-6-3)50-57-52(54)46-43-40-37-34-32-29-27-25-23-20-17-14-11-8-5-2/h15,18,25,27,51H,4-14,16-17,19-24,26,28-50H2,1-3H3/b18-15-,27-25-. The molecule has 0 saturated carbocycles. The van der Waals surface area contributed by atoms with E-state index in [1.54, 1.807) is 0 Å². The van der Waals surface area contributed by atoms with Gasteiger partial charge < -0.3 is 14.2 Å². The molecule has 342 valence electrons. The van der Waals surface area contributed by atoms with Gasteiger partial charge in [0.25, 0.3) is 0 Å². The Kier molecular flexibility index (Phi) is 48.4. The molecule has 0 aliphatic carbocycles. The van der Waals surface area contributed by atoms with Crippen molar-refractivity contribution in [2.45, 2.75) is 284 Å². The van der Waals surface area contributed by atoms with E-state index in [0.29, 0.717) is 19.4 Å². The summed E-state index contributed by atoms with van der Waals surface area (Å²) in [6.07, 6.45) is 57.5. The van der Waals surface area contributed by atoms with E-state index in [1.165, 1.54) is 186 Å². The van der Waals surface area contributed by atoms with Crippen molar-refractivity contribution in [1.29, 1.82) is 0 Å². The summed E-state index contributed by atoms with van der Waals surface area (Å²) in [5, 5.41) is 0. The molecule has 1 unspecified atom stereocenters. The molecule has 0 saturated heterocycles. The molecule has 0 spiro atoms. The van der Waals surface area contributed by atoms with Crippen molar-refractivity contribution in [2.24, 2.45) is 0 Å². The van der Waals surface area contributed by atoms with Gasteiger partial charge >= 0.3 is 11.9 Å². The van der Waals surface area contributed by atoms with Crippen LogP contribution in [0.1, 0.15) is 278 Å². The lowest BCUT2D eigenvalue weighted by Gasteiger charge is -2.18. The fourth-order valence-electron chi connectivity index (χ4n) is 7.55. The Hall–Kier alpha value is -1.62. The highest BCUT2D eigenvalue weighted by molar-refractivity contribution is 5.70. The highest BCUT2D eigenvalue weighted by Gasteiger charge is 2.17. The molecule has 0 amide bonds. The van der Waals surface area contributed by atoms with Crippen LogP contribution in [0, 0.1) is 0 Å². The predicted molar refractivity (Wildman–Crippen MR) is 252 cm³/mol. The third-order valence-electron chi connectivity index (χ3n) is 11.5. The van der Waals surface area contributed by atoms with E-state index < -0.39 is 6.10 Å². The zero-order valence-corrected chi connectivity index (χ0v) is 39.3. The molecular weight excluding hydrogens is 717 g/mol. The van der Waals surface area contributed by atoms with Crippen LogP contribution in [0.2, 0.25) is 0 Å². The zero-order chi connectivity index (χ0) is 42.1. The van der Waals surface area contributed by atoms with Gasteiger partial charge in [0.15, 0.2) is 6.10 Å². The maximum absolute atomic E-state index is 12.7. The Morgan fingerprint density at radius 3 is 1.10 bits per heavy atom. The van der Waals surface area contributed by atoms with Crippen LogP contribution < -0.4 is 0 Å². The number of rotatable bonds is 48. The van der Waals surface area contributed by atoms with Gasteiger partial charge in [-0.3, -0.25) is 9.59 Å². The van der Waals surface area contributed by atoms with Crippen LogP contribution >= 0.6 is 0 Å². The van der Waals surface area contributed by atoms with Gasteiger partial charge in [-0.2, -0.15) is 0 Å². The second kappa shape index (κ2) is 49.7. The van der Waals surface area contributed by atoms with Gasteiger partial charge in [-0.25, -0.2) is 0 Å². The van der Waals surface area contributed by atoms with Crippen LogP contribution in [0.4, 0.5) is 0 Å². The molecule has 0 fully saturated rings. The SMILES string of the molecule is CCCC/C=C\CCCCCCCC(=O)OC(COCCCCCCCCCCCCCCCCCC)COC(=O)CCCCCCC/C=C\CCCCCCCC. The number of hydrogen-bond acceptors (Lipinski definition) is 5. The van der Waals surface area contributed by atoms with Crippen LogP contribution in [-0.4, -0.2) is 37.9 Å². The third kappa shape index (κ3) is 47.1. The molecule has 0 radical (unpaired) electrons. The summed E-state index contributed by atoms with van der Waals surface area (Å²) in [6.45, 7) is 7.82. The fourth-order valence-corrected chi connectivity index (χ4v) is 7.55. The van der Waals surface area contributed by atoms with E-state index in [1.807, 2.05) is 0 Å². The van der Waals surface area contributed by atoms with E-state index in [4.69, 9.17) is 14.2 Å². The number of ether oxygens (including phenoxy) is 3. The lowest BCUT2D eigenvalue weighted by molar-refractivity contribution is -0.163. The van der Waals surface area contributed by atoms with E-state index in [-0.39, 0.29) is 25.2 Å². The molecule has 0 aliphatic rings. The van der Waals surface area contributed by atoms with Gasteiger partial charge in [0.1, 0.15) is 6.61 Å². The minimum Gasteiger partial charge on any atom is -0.462 e. The van der Waals surface area contributed by atoms with Crippen molar-refractivity contribution in [2.75, 3.05) is 19.8 Å². The molecule has 0 heterocycles. The van der Waals surface area contributed by atoms with Crippen LogP contribution in [-0.2, 0) is 23.8 Å². The van der Waals surface area contributed by atoms with Gasteiger partial charge in [-0.1, -0.05) is 225 Å². The van der Waals surface area contributed by atoms with Crippen molar-refractivity contribution in [1.82, 2.24) is 0 Å². The van der Waals surface area contributed by atoms with Crippen molar-refractivity contribution >= 4 is 11.9 Å². The Bertz CT molecular complexity index is 882. The topological polar surface area (TPSA) is 61.8 Å². The number of hydrogen-bond donors (Lipinski definition) is 0. The zero-order valence-electron chi connectivity index (χ0n) is 39.3. The van der Waals surface area contributed by atoms with Crippen LogP contribution in [0.25, 0.3) is 0 Å². The van der Waals surface area contributed by atoms with Gasteiger partial charge in [0.05, 0.1) is 6.61 Å². The highest BCUT2D eigenvalue weighted by atomic mass is 16.6. The van der Waals surface area contributed by atoms with E-state index >= 15 is 0 Å². The lowest BCUT2D eigenvalue weighted by atomic mass is 10.0. The van der Waals surface area contributed by atoms with Crippen LogP contribution in [0.5, 0.6) is 0 Å². The van der Waals surface area contributed by atoms with Crippen LogP contribution in [0.15, 0.2) is 24.3 Å². The van der Waals surface area contributed by atoms with Crippen molar-refractivity contribution in [3.8, 4) is 0 Å². The molecule has 0 aliphatic heterocycles. The van der Waals surface area contributed by atoms with Gasteiger partial charge in [0, 0.05) is 19.4 Å². The number of unbranched alkanes of at least 4 members (excludes halogenated alkanes) is 33. The summed E-state index contributed by atoms with van der Waals surface area (Å²) >= 11 is 0. The van der Waals surface area contributed by atoms with Gasteiger partial charge in [-0.15, -0.1) is 0 Å². The largest absolute Gasteiger partial charge is 0.462 e. The molecule has 58 heavy (non-hydrogen) atoms. The number of allylic oxidation sites excluding steroid dienone is 4. The normalized spacial score (nSPS) is 12.3. The number of carbonyl (C=O) groups is 2. The van der Waals surface area contributed by atoms with E-state index in [0.717, 1.165) is 57.8 Å². The van der Waals surface area contributed by atoms with Gasteiger partial charge in [0.2, 0.25) is 0 Å². The minimum atomic E-state index is -0.536. The molecule has 0 bridgehead atoms. The molecule has 0 N–H and O–H groups in total. The first-order valence-electron chi connectivity index (χ1n) is 25.9. The third-order valence-corrected chi connectivity index (χ3v) is 11.5. The second-order valence-electron chi connectivity index (χ2n) is 17.4. The average molecular weight is 817 g/mol. The molecular formula is C53H100O5. The molecule has 5 nitrogen and oxygen atoms in total. The Labute approximate surface area is 362 Å². The smallest absolute Gasteiger partial charge is 0.306 e. The maximum atomic E-state index is 12.7.